The molecular weight excluding hydrogens is 786 g/mol. The monoisotopic (exact) mass is 888 g/mol. The van der Waals surface area contributed by atoms with Crippen molar-refractivity contribution in [3.63, 3.8) is 0 Å². The van der Waals surface area contributed by atoms with Crippen LogP contribution in [0.15, 0.2) is 0 Å². The summed E-state index contributed by atoms with van der Waals surface area (Å²) in [6.07, 6.45) is 51.4. The molecule has 9 nitrogen and oxygen atoms in total. The van der Waals surface area contributed by atoms with Crippen LogP contribution in [0.3, 0.4) is 0 Å². The summed E-state index contributed by atoms with van der Waals surface area (Å²) in [6.45, 7) is 3.81. The van der Waals surface area contributed by atoms with Gasteiger partial charge in [0.05, 0.1) is 13.2 Å². The van der Waals surface area contributed by atoms with E-state index in [-0.39, 0.29) is 38.6 Å². The molecule has 0 radical (unpaired) electrons. The predicted molar refractivity (Wildman–Crippen MR) is 257 cm³/mol. The number of nitrogens with two attached hydrogens (primary N) is 1. The Labute approximate surface area is 377 Å². The zero-order valence-corrected chi connectivity index (χ0v) is 41.3. The summed E-state index contributed by atoms with van der Waals surface area (Å²) in [5.74, 6) is -0.805. The van der Waals surface area contributed by atoms with Gasteiger partial charge in [-0.25, -0.2) is 4.57 Å². The number of carbonyl (C=O) groups is 2. The molecule has 10 heteroatoms. The Morgan fingerprint density at radius 2 is 0.705 bits per heavy atom. The summed E-state index contributed by atoms with van der Waals surface area (Å²) >= 11 is 0. The van der Waals surface area contributed by atoms with Crippen molar-refractivity contribution in [3.8, 4) is 0 Å². The average molecular weight is 888 g/mol. The Morgan fingerprint density at radius 3 is 1.00 bits per heavy atom. The second-order valence-corrected chi connectivity index (χ2v) is 19.6. The van der Waals surface area contributed by atoms with Crippen LogP contribution >= 0.6 is 7.82 Å². The van der Waals surface area contributed by atoms with Crippen LogP contribution in [0.4, 0.5) is 0 Å². The lowest BCUT2D eigenvalue weighted by molar-refractivity contribution is -0.161. The van der Waals surface area contributed by atoms with E-state index in [4.69, 9.17) is 24.3 Å². The van der Waals surface area contributed by atoms with Crippen LogP contribution in [0.1, 0.15) is 284 Å². The van der Waals surface area contributed by atoms with E-state index in [0.717, 1.165) is 32.1 Å². The van der Waals surface area contributed by atoms with E-state index < -0.39 is 26.5 Å². The normalized spacial score (nSPS) is 13.0. The topological polar surface area (TPSA) is 134 Å². The molecule has 1 unspecified atom stereocenters. The number of phosphoric ester groups is 1. The average Bonchev–Trinajstić information content (AvgIpc) is 3.25. The first-order valence-corrected chi connectivity index (χ1v) is 28.0. The van der Waals surface area contributed by atoms with Gasteiger partial charge in [-0.15, -0.1) is 0 Å². The zero-order valence-electron chi connectivity index (χ0n) is 40.4. The van der Waals surface area contributed by atoms with Crippen LogP contribution in [-0.2, 0) is 32.7 Å². The summed E-state index contributed by atoms with van der Waals surface area (Å²) in [5, 5.41) is 0. The van der Waals surface area contributed by atoms with E-state index in [0.29, 0.717) is 6.42 Å². The summed E-state index contributed by atoms with van der Waals surface area (Å²) in [5.41, 5.74) is 5.37. The van der Waals surface area contributed by atoms with Gasteiger partial charge in [0.1, 0.15) is 6.61 Å². The van der Waals surface area contributed by atoms with Gasteiger partial charge in [0.25, 0.3) is 0 Å². The highest BCUT2D eigenvalue weighted by Gasteiger charge is 2.26. The first-order chi connectivity index (χ1) is 29.8. The highest BCUT2D eigenvalue weighted by Crippen LogP contribution is 2.43. The molecule has 0 saturated carbocycles. The minimum absolute atomic E-state index is 0.0585. The van der Waals surface area contributed by atoms with E-state index in [1.54, 1.807) is 0 Å². The molecule has 0 saturated heterocycles. The van der Waals surface area contributed by atoms with Crippen LogP contribution in [0.25, 0.3) is 0 Å². The van der Waals surface area contributed by atoms with Gasteiger partial charge in [0.2, 0.25) is 0 Å². The molecule has 0 rings (SSSR count). The van der Waals surface area contributed by atoms with Crippen molar-refractivity contribution in [1.29, 1.82) is 0 Å². The quantitative estimate of drug-likeness (QED) is 0.0348. The summed E-state index contributed by atoms with van der Waals surface area (Å²) in [7, 11) is -4.37. The molecule has 3 N–H and O–H groups in total. The molecule has 0 fully saturated rings. The fourth-order valence-corrected chi connectivity index (χ4v) is 8.82. The number of carbonyl (C=O) groups excluding carboxylic acids is 2. The fourth-order valence-electron chi connectivity index (χ4n) is 8.05. The van der Waals surface area contributed by atoms with Crippen LogP contribution in [0.5, 0.6) is 0 Å². The van der Waals surface area contributed by atoms with Crippen LogP contribution in [0.2, 0.25) is 0 Å². The molecule has 0 aromatic carbocycles. The van der Waals surface area contributed by atoms with Gasteiger partial charge < -0.3 is 20.1 Å². The van der Waals surface area contributed by atoms with E-state index >= 15 is 0 Å². The number of ether oxygens (including phenoxy) is 2. The van der Waals surface area contributed by atoms with Crippen molar-refractivity contribution in [2.45, 2.75) is 290 Å². The predicted octanol–water partition coefficient (Wildman–Crippen LogP) is 16.0. The molecule has 0 aliphatic carbocycles. The molecule has 0 heterocycles. The third-order valence-electron chi connectivity index (χ3n) is 12.0. The maximum atomic E-state index is 12.7. The number of esters is 2. The van der Waals surface area contributed by atoms with Gasteiger partial charge in [-0.2, -0.15) is 0 Å². The second kappa shape index (κ2) is 48.5. The summed E-state index contributed by atoms with van der Waals surface area (Å²) in [6, 6.07) is 0. The van der Waals surface area contributed by atoms with E-state index in [1.807, 2.05) is 0 Å². The van der Waals surface area contributed by atoms with Crippen LogP contribution in [-0.4, -0.2) is 49.3 Å². The van der Waals surface area contributed by atoms with Gasteiger partial charge >= 0.3 is 19.8 Å². The van der Waals surface area contributed by atoms with Crippen LogP contribution < -0.4 is 5.73 Å². The molecule has 0 aromatic heterocycles. The largest absolute Gasteiger partial charge is 0.472 e. The second-order valence-electron chi connectivity index (χ2n) is 18.1. The third kappa shape index (κ3) is 48.3. The van der Waals surface area contributed by atoms with Gasteiger partial charge in [0.15, 0.2) is 6.10 Å². The molecule has 0 aliphatic rings. The summed E-state index contributed by atoms with van der Waals surface area (Å²) < 4.78 is 33.0. The third-order valence-corrected chi connectivity index (χ3v) is 13.0. The molecular formula is C51H102NO8P. The summed E-state index contributed by atoms with van der Waals surface area (Å²) in [4.78, 5) is 35.1. The van der Waals surface area contributed by atoms with Gasteiger partial charge in [-0.05, 0) is 12.8 Å². The Morgan fingerprint density at radius 1 is 0.426 bits per heavy atom. The molecule has 0 aliphatic heterocycles. The molecule has 0 spiro atoms. The molecule has 2 atom stereocenters. The Kier molecular flexibility index (Phi) is 47.7. The maximum Gasteiger partial charge on any atom is 0.472 e. The zero-order chi connectivity index (χ0) is 44.6. The number of rotatable bonds is 51. The molecule has 0 amide bonds. The number of unbranched alkanes of at least 4 members (excludes halogenated alkanes) is 38. The minimum atomic E-state index is -4.37. The highest BCUT2D eigenvalue weighted by atomic mass is 31.2. The standard InChI is InChI=1S/C51H102NO8P/c1-3-5-7-9-11-13-15-17-19-21-23-24-26-28-30-32-34-36-38-40-42-44-51(54)60-49(48-59-61(55,56)58-46-45-52)47-57-50(53)43-41-39-37-35-33-31-29-27-25-22-20-18-16-14-12-10-8-6-4-2/h49H,3-48,52H2,1-2H3,(H,55,56)/t49-/m1/s1. The fraction of sp³-hybridized carbons (Fsp3) is 0.961. The number of hydrogen-bond acceptors (Lipinski definition) is 8. The van der Waals surface area contributed by atoms with Crippen molar-refractivity contribution in [1.82, 2.24) is 0 Å². The maximum absolute atomic E-state index is 12.7. The smallest absolute Gasteiger partial charge is 0.462 e. The van der Waals surface area contributed by atoms with Crippen molar-refractivity contribution < 1.29 is 37.6 Å². The SMILES string of the molecule is CCCCCCCCCCCCCCCCCCCCCCCC(=O)O[C@H](COC(=O)CCCCCCCCCCCCCCCCCCCCC)COP(=O)(O)OCCN. The van der Waals surface area contributed by atoms with Crippen molar-refractivity contribution in [2.75, 3.05) is 26.4 Å². The Hall–Kier alpha value is -0.990. The Bertz CT molecular complexity index is 969. The molecule has 0 aromatic rings. The van der Waals surface area contributed by atoms with Crippen LogP contribution in [0, 0.1) is 0 Å². The Balaban J connectivity index is 3.97. The molecule has 0 bridgehead atoms. The van der Waals surface area contributed by atoms with Gasteiger partial charge in [-0.1, -0.05) is 258 Å². The van der Waals surface area contributed by atoms with Gasteiger partial charge in [-0.3, -0.25) is 18.6 Å². The highest BCUT2D eigenvalue weighted by molar-refractivity contribution is 7.47. The molecule has 364 valence electrons. The van der Waals surface area contributed by atoms with E-state index in [1.165, 1.54) is 218 Å². The minimum Gasteiger partial charge on any atom is -0.462 e. The first-order valence-electron chi connectivity index (χ1n) is 26.5. The molecule has 61 heavy (non-hydrogen) atoms. The van der Waals surface area contributed by atoms with Crippen molar-refractivity contribution >= 4 is 19.8 Å². The first kappa shape index (κ1) is 60.0. The lowest BCUT2D eigenvalue weighted by Crippen LogP contribution is -2.29. The van der Waals surface area contributed by atoms with Crippen molar-refractivity contribution in [2.24, 2.45) is 5.73 Å². The number of phosphoric acid groups is 1. The lowest BCUT2D eigenvalue weighted by Gasteiger charge is -2.19. The van der Waals surface area contributed by atoms with Gasteiger partial charge in [0, 0.05) is 19.4 Å². The number of hydrogen-bond donors (Lipinski definition) is 2. The van der Waals surface area contributed by atoms with E-state index in [9.17, 15) is 19.0 Å². The van der Waals surface area contributed by atoms with Crippen molar-refractivity contribution in [3.05, 3.63) is 0 Å². The lowest BCUT2D eigenvalue weighted by atomic mass is 10.0. The van der Waals surface area contributed by atoms with E-state index in [2.05, 4.69) is 13.8 Å².